The molecule has 4 aromatic rings. The number of hydrogen-bond donors (Lipinski definition) is 3. The molecule has 0 fully saturated rings. The minimum Gasteiger partial charge on any atom is -0.465 e. The van der Waals surface area contributed by atoms with Crippen LogP contribution in [0.2, 0.25) is 0 Å². The van der Waals surface area contributed by atoms with Crippen LogP contribution in [0.15, 0.2) is 24.3 Å². The summed E-state index contributed by atoms with van der Waals surface area (Å²) in [5, 5.41) is 3.37. The Hall–Kier alpha value is -5.51. The maximum atomic E-state index is 12.4. The predicted octanol–water partition coefficient (Wildman–Crippen LogP) is 7.76. The summed E-state index contributed by atoms with van der Waals surface area (Å²) in [5.74, 6) is 0.916. The molecule has 0 saturated heterocycles. The Labute approximate surface area is 345 Å². The molecule has 2 aromatic heterocycles. The first kappa shape index (κ1) is 46.2. The average Bonchev–Trinajstić information content (AvgIpc) is 3.62. The van der Waals surface area contributed by atoms with Crippen LogP contribution in [0.5, 0.6) is 0 Å². The normalized spacial score (nSPS) is 13.8. The molecular formula is C43H57F3N6O7. The van der Waals surface area contributed by atoms with Gasteiger partial charge in [0.2, 0.25) is 6.29 Å². The first-order chi connectivity index (χ1) is 28.2. The molecule has 0 radical (unpaired) electrons. The second-order valence-corrected chi connectivity index (χ2v) is 14.8. The third-order valence-electron chi connectivity index (χ3n) is 9.32. The van der Waals surface area contributed by atoms with E-state index in [1.165, 1.54) is 19.9 Å². The summed E-state index contributed by atoms with van der Waals surface area (Å²) in [7, 11) is 2.79. The van der Waals surface area contributed by atoms with Crippen LogP contribution in [0.25, 0.3) is 22.8 Å². The number of hydrogen-bond acceptors (Lipinski definition) is 10. The number of aromatic amines is 2. The van der Waals surface area contributed by atoms with Crippen molar-refractivity contribution in [2.24, 2.45) is 0 Å². The number of aldehydes is 1. The number of amides is 1. The number of aryl methyl sites for hydroxylation is 4. The molecule has 2 aromatic carbocycles. The maximum Gasteiger partial charge on any atom is 0.446 e. The van der Waals surface area contributed by atoms with Crippen LogP contribution >= 0.6 is 0 Å². The highest BCUT2D eigenvalue weighted by molar-refractivity contribution is 5.93. The van der Waals surface area contributed by atoms with Gasteiger partial charge in [-0.05, 0) is 82.9 Å². The van der Waals surface area contributed by atoms with Crippen molar-refractivity contribution >= 4 is 24.3 Å². The Morgan fingerprint density at radius 3 is 1.61 bits per heavy atom. The van der Waals surface area contributed by atoms with Gasteiger partial charge in [0.05, 0.1) is 36.7 Å². The molecule has 322 valence electrons. The highest BCUT2D eigenvalue weighted by Gasteiger charge is 2.27. The number of ether oxygens (including phenoxy) is 3. The highest BCUT2D eigenvalue weighted by Crippen LogP contribution is 2.29. The molecule has 0 saturated carbocycles. The zero-order valence-electron chi connectivity index (χ0n) is 36.6. The largest absolute Gasteiger partial charge is 0.465 e. The summed E-state index contributed by atoms with van der Waals surface area (Å²) in [4.78, 5) is 63.1. The lowest BCUT2D eigenvalue weighted by atomic mass is 9.99. The number of nitrogens with zero attached hydrogens (tertiary/aromatic N) is 3. The number of alkyl halides is 3. The molecule has 13 nitrogen and oxygen atoms in total. The van der Waals surface area contributed by atoms with Gasteiger partial charge in [-0.1, -0.05) is 26.0 Å². The van der Waals surface area contributed by atoms with Gasteiger partial charge < -0.3 is 34.4 Å². The summed E-state index contributed by atoms with van der Waals surface area (Å²) in [6.07, 6.45) is -2.78. The van der Waals surface area contributed by atoms with Crippen molar-refractivity contribution in [1.29, 1.82) is 0 Å². The van der Waals surface area contributed by atoms with Crippen molar-refractivity contribution in [2.75, 3.05) is 40.4 Å². The smallest absolute Gasteiger partial charge is 0.446 e. The van der Waals surface area contributed by atoms with Crippen molar-refractivity contribution in [1.82, 2.24) is 30.2 Å². The van der Waals surface area contributed by atoms with Crippen molar-refractivity contribution in [3.05, 3.63) is 80.4 Å². The number of fused-ring (bicyclic) bond motifs is 2. The first-order valence-corrected chi connectivity index (χ1v) is 19.2. The Bertz CT molecular complexity index is 2080. The quantitative estimate of drug-likeness (QED) is 0.105. The zero-order valence-corrected chi connectivity index (χ0v) is 35.6. The third-order valence-corrected chi connectivity index (χ3v) is 9.32. The van der Waals surface area contributed by atoms with Crippen molar-refractivity contribution < 1.29 is 47.9 Å². The molecule has 16 heteroatoms. The van der Waals surface area contributed by atoms with Crippen molar-refractivity contribution in [3.8, 4) is 22.8 Å². The molecule has 0 atom stereocenters. The Morgan fingerprint density at radius 1 is 0.746 bits per heavy atom. The van der Waals surface area contributed by atoms with Gasteiger partial charge in [-0.2, -0.15) is 13.2 Å². The molecule has 2 aliphatic heterocycles. The summed E-state index contributed by atoms with van der Waals surface area (Å²) in [6, 6.07) is 7.70. The lowest BCUT2D eigenvalue weighted by Gasteiger charge is -2.26. The van der Waals surface area contributed by atoms with Crippen molar-refractivity contribution in [3.63, 3.8) is 0 Å². The fourth-order valence-corrected chi connectivity index (χ4v) is 6.50. The van der Waals surface area contributed by atoms with E-state index in [1.54, 1.807) is 11.8 Å². The van der Waals surface area contributed by atoms with Crippen molar-refractivity contribution in [2.45, 2.75) is 99.8 Å². The number of H-pyrrole nitrogens is 2. The summed E-state index contributed by atoms with van der Waals surface area (Å²) in [6.45, 7) is 18.8. The number of carbonyl (C=O) groups is 4. The van der Waals surface area contributed by atoms with E-state index in [1.807, 2.05) is 72.7 Å². The Kier molecular flexibility index (Phi) is 16.4. The van der Waals surface area contributed by atoms with Gasteiger partial charge in [0.25, 0.3) is 0 Å². The SMILES string of the molecule is COC(=O)c1cc(-c2nc3c([nH]2)CCN(C(=O)OC(C)(C)C)CC3)c(C)cc1C.COC(=O)c1cc(-c2nc3c([nH]2)CCNCC3)c(C)cc1C.O=CC(F)(F)F.[2H]CC. The molecule has 0 unspecified atom stereocenters. The number of imidazole rings is 2. The standard InChI is InChI=1S/C22H29N3O4.C17H21N3O2.C2HF3O.C2H6/c1-13-11-14(2)16(20(26)28-6)12-15(13)19-23-17-7-9-25(10-8-18(17)24-19)21(27)29-22(3,4)5;1-10-8-11(2)13(17(21)22-3)9-12(10)16-19-14-4-6-18-7-5-15(14)20-16;3-2(4,5)1-6;1-2/h11-12H,7-10H2,1-6H3,(H,23,24);8-9,18H,4-7H2,1-3H3,(H,19,20);1H;1-2H3/i;;;1D. The number of esters is 2. The van der Waals surface area contributed by atoms with Crippen LogP contribution in [-0.2, 0) is 44.7 Å². The Balaban J connectivity index is 0.000000273. The Morgan fingerprint density at radius 2 is 1.17 bits per heavy atom. The van der Waals surface area contributed by atoms with Gasteiger partial charge in [-0.15, -0.1) is 0 Å². The number of halogens is 3. The van der Waals surface area contributed by atoms with Crippen LogP contribution in [-0.4, -0.2) is 101 Å². The van der Waals surface area contributed by atoms with Gasteiger partial charge in [-0.3, -0.25) is 4.79 Å². The van der Waals surface area contributed by atoms with E-state index >= 15 is 0 Å². The number of nitrogens with one attached hydrogen (secondary N) is 3. The fraction of sp³-hybridized carbons (Fsp3) is 0.488. The van der Waals surface area contributed by atoms with Crippen LogP contribution in [0.1, 0.15) is 102 Å². The minimum atomic E-state index is -4.64. The van der Waals surface area contributed by atoms with Crippen LogP contribution < -0.4 is 5.32 Å². The lowest BCUT2D eigenvalue weighted by Crippen LogP contribution is -2.38. The molecule has 59 heavy (non-hydrogen) atoms. The number of rotatable bonds is 4. The van der Waals surface area contributed by atoms with E-state index in [0.717, 1.165) is 88.0 Å². The van der Waals surface area contributed by atoms with E-state index < -0.39 is 18.1 Å². The third kappa shape index (κ3) is 13.3. The van der Waals surface area contributed by atoms with Gasteiger partial charge in [0.1, 0.15) is 17.2 Å². The molecule has 1 amide bonds. The van der Waals surface area contributed by atoms with E-state index in [9.17, 15) is 27.6 Å². The lowest BCUT2D eigenvalue weighted by molar-refractivity contribution is -0.156. The summed E-state index contributed by atoms with van der Waals surface area (Å²) >= 11 is 0. The second kappa shape index (κ2) is 21.0. The first-order valence-electron chi connectivity index (χ1n) is 19.9. The molecule has 0 spiro atoms. The topological polar surface area (TPSA) is 169 Å². The van der Waals surface area contributed by atoms with Crippen LogP contribution in [0.4, 0.5) is 18.0 Å². The van der Waals surface area contributed by atoms with Gasteiger partial charge >= 0.3 is 24.2 Å². The number of methoxy groups -OCH3 is 2. The number of carbonyl (C=O) groups excluding carboxylic acids is 4. The summed E-state index contributed by atoms with van der Waals surface area (Å²) in [5.41, 5.74) is 10.7. The molecule has 0 aliphatic carbocycles. The molecule has 2 aliphatic rings. The summed E-state index contributed by atoms with van der Waals surface area (Å²) < 4.78 is 52.7. The number of benzene rings is 2. The zero-order chi connectivity index (χ0) is 44.9. The second-order valence-electron chi connectivity index (χ2n) is 14.8. The highest BCUT2D eigenvalue weighted by atomic mass is 19.4. The predicted molar refractivity (Wildman–Crippen MR) is 219 cm³/mol. The van der Waals surface area contributed by atoms with E-state index in [2.05, 4.69) is 15.3 Å². The maximum absolute atomic E-state index is 12.4. The van der Waals surface area contributed by atoms with Gasteiger partial charge in [0, 0.05) is 75.7 Å². The fourth-order valence-electron chi connectivity index (χ4n) is 6.50. The molecule has 4 heterocycles. The average molecular weight is 828 g/mol. The molecule has 3 N–H and O–H groups in total. The van der Waals surface area contributed by atoms with E-state index in [-0.39, 0.29) is 18.0 Å². The van der Waals surface area contributed by atoms with Gasteiger partial charge in [-0.25, -0.2) is 24.4 Å². The van der Waals surface area contributed by atoms with E-state index in [0.29, 0.717) is 44.0 Å². The van der Waals surface area contributed by atoms with Gasteiger partial charge in [0.15, 0.2) is 0 Å². The number of aromatic nitrogens is 4. The van der Waals surface area contributed by atoms with Crippen LogP contribution in [0, 0.1) is 27.7 Å². The molecular weight excluding hydrogens is 770 g/mol. The van der Waals surface area contributed by atoms with E-state index in [4.69, 9.17) is 30.3 Å². The monoisotopic (exact) mass is 827 g/mol. The minimum absolute atomic E-state index is 0.292. The van der Waals surface area contributed by atoms with Crippen LogP contribution in [0.3, 0.4) is 0 Å². The molecule has 6 rings (SSSR count). The molecule has 0 bridgehead atoms.